The number of hydrogen-bond acceptors (Lipinski definition) is 3. The van der Waals surface area contributed by atoms with Gasteiger partial charge in [-0.15, -0.1) is 0 Å². The normalized spacial score (nSPS) is 11.6. The van der Waals surface area contributed by atoms with E-state index in [0.29, 0.717) is 24.5 Å². The molecule has 0 heterocycles. The van der Waals surface area contributed by atoms with Crippen LogP contribution in [-0.2, 0) is 4.79 Å². The lowest BCUT2D eigenvalue weighted by Gasteiger charge is -2.14. The van der Waals surface area contributed by atoms with Crippen molar-refractivity contribution in [3.63, 3.8) is 0 Å². The molecule has 1 atom stereocenters. The zero-order valence-electron chi connectivity index (χ0n) is 13.9. The number of halogens is 1. The van der Waals surface area contributed by atoms with Gasteiger partial charge in [0.15, 0.2) is 0 Å². The van der Waals surface area contributed by atoms with Crippen molar-refractivity contribution in [2.45, 2.75) is 25.8 Å². The first-order valence-corrected chi connectivity index (χ1v) is 8.28. The Hall–Kier alpha value is -2.20. The molecule has 0 saturated carbocycles. The average molecular weight is 348 g/mol. The molecule has 2 rings (SSSR count). The van der Waals surface area contributed by atoms with Gasteiger partial charge in [0.25, 0.3) is 0 Å². The van der Waals surface area contributed by atoms with Crippen LogP contribution in [0, 0.1) is 0 Å². The Morgan fingerprint density at radius 1 is 1.08 bits per heavy atom. The molecule has 1 N–H and O–H groups in total. The van der Waals surface area contributed by atoms with E-state index >= 15 is 0 Å². The van der Waals surface area contributed by atoms with Gasteiger partial charge in [0.2, 0.25) is 5.91 Å². The third kappa shape index (κ3) is 5.78. The van der Waals surface area contributed by atoms with Gasteiger partial charge >= 0.3 is 0 Å². The molecular weight excluding hydrogens is 326 g/mol. The summed E-state index contributed by atoms with van der Waals surface area (Å²) in [5, 5.41) is 3.66. The second-order valence-corrected chi connectivity index (χ2v) is 5.90. The van der Waals surface area contributed by atoms with Gasteiger partial charge in [-0.1, -0.05) is 23.7 Å². The van der Waals surface area contributed by atoms with Crippen LogP contribution in [0.4, 0.5) is 0 Å². The fourth-order valence-electron chi connectivity index (χ4n) is 2.24. The summed E-state index contributed by atoms with van der Waals surface area (Å²) >= 11 is 5.87. The Bertz CT molecular complexity index is 641. The van der Waals surface area contributed by atoms with Crippen LogP contribution in [0.3, 0.4) is 0 Å². The van der Waals surface area contributed by atoms with Crippen molar-refractivity contribution in [1.29, 1.82) is 0 Å². The molecule has 0 unspecified atom stereocenters. The number of amides is 1. The van der Waals surface area contributed by atoms with Crippen molar-refractivity contribution >= 4 is 17.5 Å². The second-order valence-electron chi connectivity index (χ2n) is 5.47. The predicted octanol–water partition coefficient (Wildman–Crippen LogP) is 4.39. The van der Waals surface area contributed by atoms with E-state index in [0.717, 1.165) is 17.1 Å². The summed E-state index contributed by atoms with van der Waals surface area (Å²) in [5.74, 6) is 1.57. The topological polar surface area (TPSA) is 47.6 Å². The maximum atomic E-state index is 12.0. The SMILES string of the molecule is COc1ccc(OCCCC(=O)N[C@@H](C)c2ccc(Cl)cc2)cc1. The maximum absolute atomic E-state index is 12.0. The Morgan fingerprint density at radius 3 is 2.33 bits per heavy atom. The molecule has 2 aromatic rings. The molecule has 5 heteroatoms. The highest BCUT2D eigenvalue weighted by molar-refractivity contribution is 6.30. The van der Waals surface area contributed by atoms with Gasteiger partial charge in [-0.25, -0.2) is 0 Å². The van der Waals surface area contributed by atoms with Gasteiger partial charge in [0.1, 0.15) is 11.5 Å². The maximum Gasteiger partial charge on any atom is 0.220 e. The Labute approximate surface area is 147 Å². The molecule has 24 heavy (non-hydrogen) atoms. The lowest BCUT2D eigenvalue weighted by molar-refractivity contribution is -0.121. The predicted molar refractivity (Wildman–Crippen MR) is 95.7 cm³/mol. The largest absolute Gasteiger partial charge is 0.497 e. The summed E-state index contributed by atoms with van der Waals surface area (Å²) in [4.78, 5) is 12.0. The summed E-state index contributed by atoms with van der Waals surface area (Å²) in [6.45, 7) is 2.45. The number of ether oxygens (including phenoxy) is 2. The first kappa shape index (κ1) is 18.1. The van der Waals surface area contributed by atoms with Crippen molar-refractivity contribution in [3.05, 3.63) is 59.1 Å². The van der Waals surface area contributed by atoms with Crippen LogP contribution in [0.1, 0.15) is 31.4 Å². The minimum atomic E-state index is -0.0442. The van der Waals surface area contributed by atoms with Crippen LogP contribution in [-0.4, -0.2) is 19.6 Å². The van der Waals surface area contributed by atoms with E-state index in [-0.39, 0.29) is 11.9 Å². The van der Waals surface area contributed by atoms with E-state index in [2.05, 4.69) is 5.32 Å². The van der Waals surface area contributed by atoms with Gasteiger partial charge in [-0.2, -0.15) is 0 Å². The van der Waals surface area contributed by atoms with Gasteiger partial charge in [-0.3, -0.25) is 4.79 Å². The van der Waals surface area contributed by atoms with Gasteiger partial charge in [-0.05, 0) is 55.3 Å². The van der Waals surface area contributed by atoms with Crippen molar-refractivity contribution in [2.75, 3.05) is 13.7 Å². The molecule has 0 aliphatic rings. The molecule has 0 saturated heterocycles. The molecule has 0 spiro atoms. The quantitative estimate of drug-likeness (QED) is 0.721. The minimum Gasteiger partial charge on any atom is -0.497 e. The van der Waals surface area contributed by atoms with E-state index in [1.165, 1.54) is 0 Å². The van der Waals surface area contributed by atoms with Crippen LogP contribution >= 0.6 is 11.6 Å². The molecule has 128 valence electrons. The summed E-state index contributed by atoms with van der Waals surface area (Å²) in [6, 6.07) is 14.8. The molecule has 2 aromatic carbocycles. The molecule has 0 aliphatic carbocycles. The first-order valence-electron chi connectivity index (χ1n) is 7.90. The van der Waals surface area contributed by atoms with Gasteiger partial charge < -0.3 is 14.8 Å². The molecule has 0 aliphatic heterocycles. The molecule has 1 amide bonds. The zero-order chi connectivity index (χ0) is 17.4. The van der Waals surface area contributed by atoms with Crippen LogP contribution in [0.15, 0.2) is 48.5 Å². The number of hydrogen-bond donors (Lipinski definition) is 1. The van der Waals surface area contributed by atoms with E-state index in [1.54, 1.807) is 7.11 Å². The van der Waals surface area contributed by atoms with Gasteiger partial charge in [0, 0.05) is 11.4 Å². The second kappa shape index (κ2) is 9.18. The number of carbonyl (C=O) groups excluding carboxylic acids is 1. The minimum absolute atomic E-state index is 0.00998. The molecule has 4 nitrogen and oxygen atoms in total. The third-order valence-electron chi connectivity index (χ3n) is 3.62. The van der Waals surface area contributed by atoms with E-state index in [1.807, 2.05) is 55.5 Å². The Balaban J connectivity index is 1.68. The Kier molecular flexibility index (Phi) is 6.94. The lowest BCUT2D eigenvalue weighted by Crippen LogP contribution is -2.26. The number of carbonyl (C=O) groups is 1. The van der Waals surface area contributed by atoms with Crippen LogP contribution < -0.4 is 14.8 Å². The van der Waals surface area contributed by atoms with Crippen molar-refractivity contribution in [1.82, 2.24) is 5.32 Å². The fraction of sp³-hybridized carbons (Fsp3) is 0.316. The van der Waals surface area contributed by atoms with E-state index in [4.69, 9.17) is 21.1 Å². The standard InChI is InChI=1S/C19H22ClNO3/c1-14(15-5-7-16(20)8-6-15)21-19(22)4-3-13-24-18-11-9-17(23-2)10-12-18/h5-12,14H,3-4,13H2,1-2H3,(H,21,22)/t14-/m0/s1. The molecular formula is C19H22ClNO3. The first-order chi connectivity index (χ1) is 11.6. The van der Waals surface area contributed by atoms with Crippen LogP contribution in [0.2, 0.25) is 5.02 Å². The molecule has 0 bridgehead atoms. The summed E-state index contributed by atoms with van der Waals surface area (Å²) in [6.07, 6.45) is 1.08. The smallest absolute Gasteiger partial charge is 0.220 e. The van der Waals surface area contributed by atoms with E-state index in [9.17, 15) is 4.79 Å². The fourth-order valence-corrected chi connectivity index (χ4v) is 2.37. The van der Waals surface area contributed by atoms with Crippen molar-refractivity contribution in [3.8, 4) is 11.5 Å². The highest BCUT2D eigenvalue weighted by atomic mass is 35.5. The summed E-state index contributed by atoms with van der Waals surface area (Å²) in [7, 11) is 1.62. The number of rotatable bonds is 8. The molecule has 0 aromatic heterocycles. The van der Waals surface area contributed by atoms with Gasteiger partial charge in [0.05, 0.1) is 19.8 Å². The summed E-state index contributed by atoms with van der Waals surface area (Å²) in [5.41, 5.74) is 1.03. The van der Waals surface area contributed by atoms with E-state index < -0.39 is 0 Å². The lowest BCUT2D eigenvalue weighted by atomic mass is 10.1. The third-order valence-corrected chi connectivity index (χ3v) is 3.88. The highest BCUT2D eigenvalue weighted by Gasteiger charge is 2.09. The average Bonchev–Trinajstić information content (AvgIpc) is 2.59. The zero-order valence-corrected chi connectivity index (χ0v) is 14.7. The van der Waals surface area contributed by atoms with Crippen molar-refractivity contribution in [2.24, 2.45) is 0 Å². The number of nitrogens with one attached hydrogen (secondary N) is 1. The highest BCUT2D eigenvalue weighted by Crippen LogP contribution is 2.18. The Morgan fingerprint density at radius 2 is 1.71 bits per heavy atom. The molecule has 0 radical (unpaired) electrons. The molecule has 0 fully saturated rings. The van der Waals surface area contributed by atoms with Crippen LogP contribution in [0.25, 0.3) is 0 Å². The monoisotopic (exact) mass is 347 g/mol. The van der Waals surface area contributed by atoms with Crippen LogP contribution in [0.5, 0.6) is 11.5 Å². The number of benzene rings is 2. The van der Waals surface area contributed by atoms with Crippen molar-refractivity contribution < 1.29 is 14.3 Å². The number of methoxy groups -OCH3 is 1. The summed E-state index contributed by atoms with van der Waals surface area (Å²) < 4.78 is 10.7.